The van der Waals surface area contributed by atoms with Gasteiger partial charge in [0.1, 0.15) is 0 Å². The van der Waals surface area contributed by atoms with Gasteiger partial charge in [0.2, 0.25) is 29.4 Å². The number of amides is 4. The lowest BCUT2D eigenvalue weighted by molar-refractivity contribution is -0.131. The van der Waals surface area contributed by atoms with Gasteiger partial charge >= 0.3 is 0 Å². The highest BCUT2D eigenvalue weighted by Gasteiger charge is 2.67. The molecule has 4 aromatic carbocycles. The van der Waals surface area contributed by atoms with Gasteiger partial charge in [-0.25, -0.2) is 4.90 Å². The summed E-state index contributed by atoms with van der Waals surface area (Å²) in [5.74, 6) is -4.46. The molecule has 10 heteroatoms. The summed E-state index contributed by atoms with van der Waals surface area (Å²) in [5, 5.41) is 14.1. The normalized spacial score (nSPS) is 26.7. The molecule has 2 heterocycles. The van der Waals surface area contributed by atoms with Crippen LogP contribution in [0.3, 0.4) is 0 Å². The quantitative estimate of drug-likeness (QED) is 0.165. The molecule has 0 bridgehead atoms. The number of ether oxygens (including phenoxy) is 2. The Bertz CT molecular complexity index is 2070. The summed E-state index contributed by atoms with van der Waals surface area (Å²) in [7, 11) is 2.86. The minimum Gasteiger partial charge on any atom is -0.502 e. The molecular weight excluding hydrogens is 646 g/mol. The van der Waals surface area contributed by atoms with E-state index in [1.807, 2.05) is 61.5 Å². The molecular formula is C41H37N3O7. The van der Waals surface area contributed by atoms with Gasteiger partial charge in [-0.3, -0.25) is 24.1 Å². The summed E-state index contributed by atoms with van der Waals surface area (Å²) in [4.78, 5) is 60.2. The first-order valence-electron chi connectivity index (χ1n) is 17.1. The van der Waals surface area contributed by atoms with Crippen LogP contribution in [0.25, 0.3) is 0 Å². The number of benzene rings is 4. The number of fused-ring (bicyclic) bond motifs is 4. The number of aromatic hydroxyl groups is 1. The van der Waals surface area contributed by atoms with Crippen LogP contribution in [-0.4, -0.2) is 43.0 Å². The van der Waals surface area contributed by atoms with Crippen molar-refractivity contribution < 1.29 is 33.8 Å². The van der Waals surface area contributed by atoms with E-state index in [-0.39, 0.29) is 47.3 Å². The Hall–Kier alpha value is -5.90. The summed E-state index contributed by atoms with van der Waals surface area (Å²) >= 11 is 0. The molecule has 4 aromatic rings. The van der Waals surface area contributed by atoms with Crippen LogP contribution < -0.4 is 24.6 Å². The fraction of sp³-hybridized carbons (Fsp3) is 0.268. The van der Waals surface area contributed by atoms with E-state index < -0.39 is 35.0 Å². The molecule has 2 aliphatic carbocycles. The number of carbonyl (C=O) groups is 4. The maximum atomic E-state index is 14.7. The van der Waals surface area contributed by atoms with E-state index in [0.29, 0.717) is 23.4 Å². The van der Waals surface area contributed by atoms with E-state index in [1.165, 1.54) is 24.0 Å². The lowest BCUT2D eigenvalue weighted by Gasteiger charge is -2.49. The Morgan fingerprint density at radius 1 is 0.725 bits per heavy atom. The number of phenolic OH excluding ortho intramolecular Hbond substituents is 1. The molecule has 2 saturated heterocycles. The number of carbonyl (C=O) groups excluding carboxylic acids is 4. The van der Waals surface area contributed by atoms with E-state index in [1.54, 1.807) is 48.5 Å². The minimum atomic E-state index is -1.25. The molecule has 8 rings (SSSR count). The van der Waals surface area contributed by atoms with E-state index >= 15 is 0 Å². The third-order valence-electron chi connectivity index (χ3n) is 11.3. The van der Waals surface area contributed by atoms with Crippen LogP contribution in [0.15, 0.2) is 109 Å². The molecule has 0 unspecified atom stereocenters. The second kappa shape index (κ2) is 12.2. The first-order valence-corrected chi connectivity index (χ1v) is 17.1. The Morgan fingerprint density at radius 2 is 1.31 bits per heavy atom. The molecule has 2 N–H and O–H groups in total. The van der Waals surface area contributed by atoms with Gasteiger partial charge in [0.25, 0.3) is 0 Å². The molecule has 4 aliphatic rings. The molecule has 3 fully saturated rings. The third-order valence-corrected chi connectivity index (χ3v) is 11.3. The first kappa shape index (κ1) is 32.3. The Balaban J connectivity index is 1.20. The van der Waals surface area contributed by atoms with Gasteiger partial charge in [0, 0.05) is 17.3 Å². The summed E-state index contributed by atoms with van der Waals surface area (Å²) < 4.78 is 11.0. The summed E-state index contributed by atoms with van der Waals surface area (Å²) in [6, 6.07) is 29.1. The zero-order chi connectivity index (χ0) is 35.6. The molecule has 0 radical (unpaired) electrons. The van der Waals surface area contributed by atoms with Gasteiger partial charge in [-0.2, -0.15) is 0 Å². The van der Waals surface area contributed by atoms with Crippen molar-refractivity contribution in [2.75, 3.05) is 29.3 Å². The van der Waals surface area contributed by atoms with Crippen LogP contribution >= 0.6 is 0 Å². The van der Waals surface area contributed by atoms with E-state index in [0.717, 1.165) is 16.9 Å². The number of phenols is 1. The monoisotopic (exact) mass is 683 g/mol. The molecule has 10 nitrogen and oxygen atoms in total. The molecule has 51 heavy (non-hydrogen) atoms. The summed E-state index contributed by atoms with van der Waals surface area (Å²) in [5.41, 5.74) is 2.86. The SMILES string of the molecule is COc1cc([C@H]2C3=CC[C@@H]4C(=O)N(c5ccc(Nc6ccccc6)cc5)C(=O)[C@@H]4[C@@H]3C[C@H]3C(=O)N(c4ccccc4)C(=O)[C@@]23C)cc(OC)c1O. The van der Waals surface area contributed by atoms with Gasteiger partial charge in [0.05, 0.1) is 48.8 Å². The third kappa shape index (κ3) is 4.84. The zero-order valence-corrected chi connectivity index (χ0v) is 28.4. The van der Waals surface area contributed by atoms with E-state index in [9.17, 15) is 24.3 Å². The van der Waals surface area contributed by atoms with Crippen molar-refractivity contribution in [3.63, 3.8) is 0 Å². The largest absolute Gasteiger partial charge is 0.502 e. The van der Waals surface area contributed by atoms with Gasteiger partial charge in [0.15, 0.2) is 11.5 Å². The maximum Gasteiger partial charge on any atom is 0.241 e. The van der Waals surface area contributed by atoms with Crippen molar-refractivity contribution in [3.05, 3.63) is 114 Å². The van der Waals surface area contributed by atoms with Crippen molar-refractivity contribution in [2.45, 2.75) is 25.7 Å². The number of nitrogens with one attached hydrogen (secondary N) is 1. The lowest BCUT2D eigenvalue weighted by atomic mass is 9.51. The number of para-hydroxylation sites is 2. The van der Waals surface area contributed by atoms with Crippen LogP contribution in [0.2, 0.25) is 0 Å². The first-order chi connectivity index (χ1) is 24.7. The highest BCUT2D eigenvalue weighted by Crippen LogP contribution is 2.64. The molecule has 4 amide bonds. The van der Waals surface area contributed by atoms with Crippen LogP contribution in [0.1, 0.15) is 31.2 Å². The number of nitrogens with zero attached hydrogens (tertiary/aromatic N) is 2. The Labute approximate surface area is 295 Å². The van der Waals surface area contributed by atoms with Crippen molar-refractivity contribution >= 4 is 46.4 Å². The Morgan fingerprint density at radius 3 is 1.94 bits per heavy atom. The topological polar surface area (TPSA) is 125 Å². The smallest absolute Gasteiger partial charge is 0.241 e. The highest BCUT2D eigenvalue weighted by molar-refractivity contribution is 6.25. The summed E-state index contributed by atoms with van der Waals surface area (Å²) in [6.45, 7) is 1.82. The predicted octanol–water partition coefficient (Wildman–Crippen LogP) is 6.59. The molecule has 2 aliphatic heterocycles. The zero-order valence-electron chi connectivity index (χ0n) is 28.4. The van der Waals surface area contributed by atoms with Crippen LogP contribution in [0.4, 0.5) is 22.7 Å². The number of rotatable bonds is 7. The predicted molar refractivity (Wildman–Crippen MR) is 191 cm³/mol. The van der Waals surface area contributed by atoms with Crippen molar-refractivity contribution in [3.8, 4) is 17.2 Å². The molecule has 6 atom stereocenters. The number of hydrogen-bond donors (Lipinski definition) is 2. The van der Waals surface area contributed by atoms with Crippen LogP contribution in [-0.2, 0) is 19.2 Å². The lowest BCUT2D eigenvalue weighted by Crippen LogP contribution is -2.48. The number of anilines is 4. The van der Waals surface area contributed by atoms with Crippen molar-refractivity contribution in [2.24, 2.45) is 29.1 Å². The maximum absolute atomic E-state index is 14.7. The average Bonchev–Trinajstić information content (AvgIpc) is 3.52. The van der Waals surface area contributed by atoms with Gasteiger partial charge < -0.3 is 19.9 Å². The fourth-order valence-corrected chi connectivity index (χ4v) is 8.94. The highest BCUT2D eigenvalue weighted by atomic mass is 16.5. The molecule has 258 valence electrons. The second-order valence-electron chi connectivity index (χ2n) is 13.8. The standard InChI is InChI=1S/C41H37N3O7/c1-41-31(38(47)44(40(41)49)26-12-8-5-9-13-26)22-30-28(35(41)23-20-32(50-2)36(45)33(21-23)51-3)18-19-29-34(30)39(48)43(37(29)46)27-16-14-25(15-17-27)42-24-10-6-4-7-11-24/h4-18,20-21,29-31,34-35,42,45H,19,22H2,1-3H3/t29-,30+,31-,34-,35-,41+/m0/s1. The molecule has 0 spiro atoms. The average molecular weight is 684 g/mol. The fourth-order valence-electron chi connectivity index (χ4n) is 8.94. The number of hydrogen-bond acceptors (Lipinski definition) is 8. The van der Waals surface area contributed by atoms with Gasteiger partial charge in [-0.1, -0.05) is 48.0 Å². The Kier molecular flexibility index (Phi) is 7.70. The second-order valence-corrected chi connectivity index (χ2v) is 13.8. The number of methoxy groups -OCH3 is 2. The van der Waals surface area contributed by atoms with Gasteiger partial charge in [-0.15, -0.1) is 0 Å². The van der Waals surface area contributed by atoms with E-state index in [2.05, 4.69) is 5.32 Å². The van der Waals surface area contributed by atoms with Gasteiger partial charge in [-0.05, 0) is 91.9 Å². The van der Waals surface area contributed by atoms with E-state index in [4.69, 9.17) is 9.47 Å². The minimum absolute atomic E-state index is 0.154. The number of imide groups is 2. The molecule has 1 saturated carbocycles. The van der Waals surface area contributed by atoms with Crippen LogP contribution in [0.5, 0.6) is 17.2 Å². The van der Waals surface area contributed by atoms with Crippen LogP contribution in [0, 0.1) is 29.1 Å². The van der Waals surface area contributed by atoms with Crippen molar-refractivity contribution in [1.82, 2.24) is 0 Å². The van der Waals surface area contributed by atoms with Crippen molar-refractivity contribution in [1.29, 1.82) is 0 Å². The summed E-state index contributed by atoms with van der Waals surface area (Å²) in [6.07, 6.45) is 2.53. The molecule has 0 aromatic heterocycles. The number of allylic oxidation sites excluding steroid dienone is 2.